The Hall–Kier alpha value is -3.02. The molecule has 0 radical (unpaired) electrons. The quantitative estimate of drug-likeness (QED) is 0.885. The summed E-state index contributed by atoms with van der Waals surface area (Å²) in [7, 11) is 0. The molecule has 6 nitrogen and oxygen atoms in total. The van der Waals surface area contributed by atoms with Gasteiger partial charge < -0.3 is 20.1 Å². The summed E-state index contributed by atoms with van der Waals surface area (Å²) in [6, 6.07) is 12.2. The largest absolute Gasteiger partial charge is 0.454 e. The molecule has 0 unspecified atom stereocenters. The third-order valence-corrected chi connectivity index (χ3v) is 4.71. The third-order valence-electron chi connectivity index (χ3n) is 4.71. The first-order valence-electron chi connectivity index (χ1n) is 8.81. The van der Waals surface area contributed by atoms with Crippen molar-refractivity contribution in [1.29, 1.82) is 0 Å². The van der Waals surface area contributed by atoms with Crippen LogP contribution in [0.5, 0.6) is 11.5 Å². The first-order valence-corrected chi connectivity index (χ1v) is 8.81. The summed E-state index contributed by atoms with van der Waals surface area (Å²) in [5.74, 6) is 0.857. The lowest BCUT2D eigenvalue weighted by Crippen LogP contribution is -2.32. The Morgan fingerprint density at radius 3 is 2.42 bits per heavy atom. The molecule has 1 fully saturated rings. The number of anilines is 1. The predicted molar refractivity (Wildman–Crippen MR) is 96.7 cm³/mol. The van der Waals surface area contributed by atoms with Gasteiger partial charge in [-0.3, -0.25) is 9.59 Å². The van der Waals surface area contributed by atoms with E-state index in [0.717, 1.165) is 25.7 Å². The zero-order valence-corrected chi connectivity index (χ0v) is 14.3. The maximum absolute atomic E-state index is 12.5. The molecule has 1 aliphatic carbocycles. The highest BCUT2D eigenvalue weighted by molar-refractivity contribution is 6.06. The number of ether oxygens (including phenoxy) is 2. The minimum absolute atomic E-state index is 0.130. The lowest BCUT2D eigenvalue weighted by Gasteiger charge is -2.12. The molecule has 2 aromatic rings. The summed E-state index contributed by atoms with van der Waals surface area (Å²) in [5.41, 5.74) is 1.54. The van der Waals surface area contributed by atoms with Crippen LogP contribution >= 0.6 is 0 Å². The van der Waals surface area contributed by atoms with Gasteiger partial charge in [0.2, 0.25) is 6.79 Å². The van der Waals surface area contributed by atoms with Crippen LogP contribution in [0.1, 0.15) is 46.4 Å². The first-order chi connectivity index (χ1) is 12.7. The highest BCUT2D eigenvalue weighted by Crippen LogP contribution is 2.34. The zero-order chi connectivity index (χ0) is 17.9. The van der Waals surface area contributed by atoms with Crippen LogP contribution in [0, 0.1) is 0 Å². The number of carbonyl (C=O) groups excluding carboxylic acids is 2. The Morgan fingerprint density at radius 1 is 0.885 bits per heavy atom. The van der Waals surface area contributed by atoms with E-state index in [1.54, 1.807) is 42.5 Å². The fraction of sp³-hybridized carbons (Fsp3) is 0.300. The topological polar surface area (TPSA) is 76.7 Å². The van der Waals surface area contributed by atoms with Crippen molar-refractivity contribution in [2.24, 2.45) is 0 Å². The molecule has 0 aromatic heterocycles. The maximum atomic E-state index is 12.5. The minimum Gasteiger partial charge on any atom is -0.454 e. The predicted octanol–water partition coefficient (Wildman–Crippen LogP) is 3.34. The molecule has 134 valence electrons. The van der Waals surface area contributed by atoms with Crippen molar-refractivity contribution in [2.45, 2.75) is 31.7 Å². The van der Waals surface area contributed by atoms with Gasteiger partial charge >= 0.3 is 0 Å². The van der Waals surface area contributed by atoms with Crippen molar-refractivity contribution < 1.29 is 19.1 Å². The molecule has 0 bridgehead atoms. The fourth-order valence-corrected chi connectivity index (χ4v) is 3.32. The van der Waals surface area contributed by atoms with Crippen LogP contribution < -0.4 is 20.1 Å². The first kappa shape index (κ1) is 16.4. The Balaban J connectivity index is 1.45. The Morgan fingerprint density at radius 2 is 1.62 bits per heavy atom. The normalized spacial score (nSPS) is 15.7. The van der Waals surface area contributed by atoms with E-state index < -0.39 is 0 Å². The van der Waals surface area contributed by atoms with Crippen LogP contribution in [-0.2, 0) is 0 Å². The number of hydrogen-bond donors (Lipinski definition) is 2. The van der Waals surface area contributed by atoms with Crippen molar-refractivity contribution in [3.8, 4) is 11.5 Å². The Bertz CT molecular complexity index is 843. The van der Waals surface area contributed by atoms with Gasteiger partial charge in [-0.25, -0.2) is 0 Å². The molecular weight excluding hydrogens is 332 g/mol. The van der Waals surface area contributed by atoms with Gasteiger partial charge in [0.05, 0.1) is 0 Å². The Kier molecular flexibility index (Phi) is 4.48. The molecule has 2 aromatic carbocycles. The lowest BCUT2D eigenvalue weighted by atomic mass is 10.1. The van der Waals surface area contributed by atoms with E-state index in [4.69, 9.17) is 9.47 Å². The molecule has 1 aliphatic heterocycles. The number of fused-ring (bicyclic) bond motifs is 1. The summed E-state index contributed by atoms with van der Waals surface area (Å²) in [6.07, 6.45) is 4.36. The van der Waals surface area contributed by atoms with Crippen molar-refractivity contribution in [3.05, 3.63) is 53.6 Å². The molecule has 1 heterocycles. The number of hydrogen-bond acceptors (Lipinski definition) is 4. The third kappa shape index (κ3) is 3.49. The molecule has 0 saturated heterocycles. The van der Waals surface area contributed by atoms with Gasteiger partial charge in [-0.05, 0) is 43.2 Å². The summed E-state index contributed by atoms with van der Waals surface area (Å²) in [6.45, 7) is 0.185. The van der Waals surface area contributed by atoms with E-state index in [0.29, 0.717) is 28.3 Å². The number of rotatable bonds is 4. The van der Waals surface area contributed by atoms with E-state index >= 15 is 0 Å². The van der Waals surface area contributed by atoms with E-state index in [2.05, 4.69) is 10.6 Å². The van der Waals surface area contributed by atoms with Crippen LogP contribution in [0.2, 0.25) is 0 Å². The molecule has 2 aliphatic rings. The second-order valence-corrected chi connectivity index (χ2v) is 6.56. The highest BCUT2D eigenvalue weighted by Gasteiger charge is 2.19. The van der Waals surface area contributed by atoms with Crippen LogP contribution in [0.4, 0.5) is 5.69 Å². The standard InChI is InChI=1S/C20H20N2O4/c23-19(21-15-6-1-2-7-15)13-4-3-5-14(10-13)20(24)22-16-8-9-17-18(11-16)26-12-25-17/h3-5,8-11,15H,1-2,6-7,12H2,(H,21,23)(H,22,24). The van der Waals surface area contributed by atoms with Gasteiger partial charge in [-0.15, -0.1) is 0 Å². The molecule has 4 rings (SSSR count). The van der Waals surface area contributed by atoms with Gasteiger partial charge in [0.25, 0.3) is 11.8 Å². The molecule has 6 heteroatoms. The molecule has 2 N–H and O–H groups in total. The molecule has 0 atom stereocenters. The van der Waals surface area contributed by atoms with Crippen molar-refractivity contribution in [3.63, 3.8) is 0 Å². The lowest BCUT2D eigenvalue weighted by molar-refractivity contribution is 0.0938. The average molecular weight is 352 g/mol. The fourth-order valence-electron chi connectivity index (χ4n) is 3.32. The van der Waals surface area contributed by atoms with Gasteiger partial charge in [0.15, 0.2) is 11.5 Å². The van der Waals surface area contributed by atoms with Crippen molar-refractivity contribution >= 4 is 17.5 Å². The van der Waals surface area contributed by atoms with E-state index in [1.165, 1.54) is 0 Å². The minimum atomic E-state index is -0.278. The summed E-state index contributed by atoms with van der Waals surface area (Å²) < 4.78 is 10.6. The van der Waals surface area contributed by atoms with Crippen molar-refractivity contribution in [1.82, 2.24) is 5.32 Å². The maximum Gasteiger partial charge on any atom is 0.255 e. The van der Waals surface area contributed by atoms with Gasteiger partial charge in [0.1, 0.15) is 0 Å². The Labute approximate surface area is 151 Å². The second-order valence-electron chi connectivity index (χ2n) is 6.56. The average Bonchev–Trinajstić information content (AvgIpc) is 3.33. The zero-order valence-electron chi connectivity index (χ0n) is 14.3. The smallest absolute Gasteiger partial charge is 0.255 e. The van der Waals surface area contributed by atoms with Gasteiger partial charge in [-0.1, -0.05) is 18.9 Å². The molecule has 1 saturated carbocycles. The molecule has 0 spiro atoms. The number of benzene rings is 2. The molecular formula is C20H20N2O4. The van der Waals surface area contributed by atoms with Gasteiger partial charge in [0, 0.05) is 28.9 Å². The summed E-state index contributed by atoms with van der Waals surface area (Å²) >= 11 is 0. The van der Waals surface area contributed by atoms with E-state index in [9.17, 15) is 9.59 Å². The number of carbonyl (C=O) groups is 2. The van der Waals surface area contributed by atoms with Crippen LogP contribution in [0.15, 0.2) is 42.5 Å². The molecule has 2 amide bonds. The summed E-state index contributed by atoms with van der Waals surface area (Å²) in [4.78, 5) is 24.9. The second kappa shape index (κ2) is 7.07. The molecule has 26 heavy (non-hydrogen) atoms. The number of nitrogens with one attached hydrogen (secondary N) is 2. The SMILES string of the molecule is O=C(Nc1ccc2c(c1)OCO2)c1cccc(C(=O)NC2CCCC2)c1. The van der Waals surface area contributed by atoms with E-state index in [1.807, 2.05) is 0 Å². The van der Waals surface area contributed by atoms with Crippen molar-refractivity contribution in [2.75, 3.05) is 12.1 Å². The van der Waals surface area contributed by atoms with Crippen LogP contribution in [0.3, 0.4) is 0 Å². The number of amides is 2. The van der Waals surface area contributed by atoms with Crippen LogP contribution in [0.25, 0.3) is 0 Å². The highest BCUT2D eigenvalue weighted by atomic mass is 16.7. The summed E-state index contributed by atoms with van der Waals surface area (Å²) in [5, 5.41) is 5.86. The van der Waals surface area contributed by atoms with E-state index in [-0.39, 0.29) is 24.6 Å². The monoisotopic (exact) mass is 352 g/mol. The van der Waals surface area contributed by atoms with Gasteiger partial charge in [-0.2, -0.15) is 0 Å². The van der Waals surface area contributed by atoms with Crippen LogP contribution in [-0.4, -0.2) is 24.6 Å².